The van der Waals surface area contributed by atoms with Crippen molar-refractivity contribution in [1.82, 2.24) is 4.98 Å². The van der Waals surface area contributed by atoms with Gasteiger partial charge in [-0.2, -0.15) is 5.26 Å². The number of benzene rings is 1. The van der Waals surface area contributed by atoms with Crippen LogP contribution < -0.4 is 4.74 Å². The smallest absolute Gasteiger partial charge is 0.165 e. The van der Waals surface area contributed by atoms with Crippen molar-refractivity contribution in [2.45, 2.75) is 11.3 Å². The minimum Gasteiger partial charge on any atom is -0.494 e. The van der Waals surface area contributed by atoms with E-state index >= 15 is 0 Å². The second-order valence-electron chi connectivity index (χ2n) is 2.74. The third-order valence-electron chi connectivity index (χ3n) is 1.78. The zero-order valence-corrected chi connectivity index (χ0v) is 9.69. The van der Waals surface area contributed by atoms with Crippen molar-refractivity contribution in [2.75, 3.05) is 6.61 Å². The lowest BCUT2D eigenvalue weighted by molar-refractivity contribution is 0.341. The SMILES string of the molecule is CCOc1ccc2nc(SC#N)sc2c1. The van der Waals surface area contributed by atoms with Crippen LogP contribution in [0.1, 0.15) is 6.92 Å². The number of fused-ring (bicyclic) bond motifs is 1. The molecule has 0 unspecified atom stereocenters. The molecular formula is C10H8N2OS2. The zero-order chi connectivity index (χ0) is 10.7. The molecule has 0 aliphatic rings. The highest BCUT2D eigenvalue weighted by Gasteiger charge is 2.05. The molecule has 1 heterocycles. The number of ether oxygens (including phenoxy) is 1. The molecule has 0 saturated carbocycles. The van der Waals surface area contributed by atoms with E-state index in [-0.39, 0.29) is 0 Å². The molecular weight excluding hydrogens is 228 g/mol. The molecule has 0 bridgehead atoms. The van der Waals surface area contributed by atoms with Crippen LogP contribution in [0, 0.1) is 10.7 Å². The molecule has 0 fully saturated rings. The standard InChI is InChI=1S/C10H8N2OS2/c1-2-13-7-3-4-8-9(5-7)15-10(12-8)14-6-11/h3-5H,2H2,1H3. The average Bonchev–Trinajstić information content (AvgIpc) is 2.60. The number of thiocyanates is 1. The van der Waals surface area contributed by atoms with E-state index in [1.807, 2.05) is 30.5 Å². The van der Waals surface area contributed by atoms with Crippen LogP contribution in [0.15, 0.2) is 22.5 Å². The van der Waals surface area contributed by atoms with E-state index in [2.05, 4.69) is 4.98 Å². The summed E-state index contributed by atoms with van der Waals surface area (Å²) in [6, 6.07) is 5.77. The summed E-state index contributed by atoms with van der Waals surface area (Å²) < 4.78 is 7.22. The summed E-state index contributed by atoms with van der Waals surface area (Å²) in [6.07, 6.45) is 0. The summed E-state index contributed by atoms with van der Waals surface area (Å²) in [4.78, 5) is 4.31. The van der Waals surface area contributed by atoms with Crippen molar-refractivity contribution >= 4 is 33.3 Å². The number of hydrogen-bond donors (Lipinski definition) is 0. The molecule has 15 heavy (non-hydrogen) atoms. The number of hydrogen-bond acceptors (Lipinski definition) is 5. The van der Waals surface area contributed by atoms with E-state index in [4.69, 9.17) is 10.00 Å². The van der Waals surface area contributed by atoms with Crippen LogP contribution in [0.25, 0.3) is 10.2 Å². The van der Waals surface area contributed by atoms with Gasteiger partial charge in [0.15, 0.2) is 4.34 Å². The van der Waals surface area contributed by atoms with Gasteiger partial charge in [0.1, 0.15) is 11.2 Å². The normalized spacial score (nSPS) is 10.1. The highest BCUT2D eigenvalue weighted by atomic mass is 32.2. The van der Waals surface area contributed by atoms with Gasteiger partial charge >= 0.3 is 0 Å². The summed E-state index contributed by atoms with van der Waals surface area (Å²) in [5.74, 6) is 0.849. The molecule has 0 atom stereocenters. The Labute approximate surface area is 95.7 Å². The maximum absolute atomic E-state index is 8.54. The van der Waals surface area contributed by atoms with Gasteiger partial charge in [0.2, 0.25) is 0 Å². The number of thiazole rings is 1. The molecule has 0 aliphatic carbocycles. The maximum atomic E-state index is 8.54. The predicted molar refractivity (Wildman–Crippen MR) is 62.3 cm³/mol. The number of nitrogens with zero attached hydrogens (tertiary/aromatic N) is 2. The van der Waals surface area contributed by atoms with Crippen molar-refractivity contribution in [2.24, 2.45) is 0 Å². The molecule has 0 amide bonds. The molecule has 0 aliphatic heterocycles. The molecule has 0 N–H and O–H groups in total. The first kappa shape index (κ1) is 10.3. The molecule has 2 rings (SSSR count). The van der Waals surface area contributed by atoms with Crippen LogP contribution >= 0.6 is 23.1 Å². The maximum Gasteiger partial charge on any atom is 0.165 e. The fourth-order valence-electron chi connectivity index (χ4n) is 1.22. The first-order valence-corrected chi connectivity index (χ1v) is 6.06. The topological polar surface area (TPSA) is 45.9 Å². The third-order valence-corrected chi connectivity index (χ3v) is 3.45. The summed E-state index contributed by atoms with van der Waals surface area (Å²) in [6.45, 7) is 2.61. The second-order valence-corrected chi connectivity index (χ2v) is 4.80. The Kier molecular flexibility index (Phi) is 3.09. The summed E-state index contributed by atoms with van der Waals surface area (Å²) >= 11 is 2.60. The lowest BCUT2D eigenvalue weighted by Gasteiger charge is -2.00. The minimum atomic E-state index is 0.657. The van der Waals surface area contributed by atoms with Crippen LogP contribution in [0.4, 0.5) is 0 Å². The van der Waals surface area contributed by atoms with E-state index in [1.54, 1.807) is 0 Å². The number of rotatable bonds is 3. The van der Waals surface area contributed by atoms with Gasteiger partial charge in [0.05, 0.1) is 16.8 Å². The monoisotopic (exact) mass is 236 g/mol. The fraction of sp³-hybridized carbons (Fsp3) is 0.200. The number of nitriles is 1. The van der Waals surface area contributed by atoms with Crippen LogP contribution in [-0.4, -0.2) is 11.6 Å². The highest BCUT2D eigenvalue weighted by molar-refractivity contribution is 8.05. The lowest BCUT2D eigenvalue weighted by atomic mass is 10.3. The van der Waals surface area contributed by atoms with Gasteiger partial charge < -0.3 is 4.74 Å². The molecule has 1 aromatic heterocycles. The Morgan fingerprint density at radius 2 is 2.47 bits per heavy atom. The highest BCUT2D eigenvalue weighted by Crippen LogP contribution is 2.31. The van der Waals surface area contributed by atoms with Crippen LogP contribution in [0.2, 0.25) is 0 Å². The van der Waals surface area contributed by atoms with Gasteiger partial charge in [0.25, 0.3) is 0 Å². The molecule has 1 aromatic carbocycles. The summed E-state index contributed by atoms with van der Waals surface area (Å²) in [7, 11) is 0. The van der Waals surface area contributed by atoms with Crippen molar-refractivity contribution < 1.29 is 4.74 Å². The van der Waals surface area contributed by atoms with E-state index in [0.29, 0.717) is 6.61 Å². The van der Waals surface area contributed by atoms with E-state index in [1.165, 1.54) is 11.3 Å². The summed E-state index contributed by atoms with van der Waals surface area (Å²) in [5.41, 5.74) is 0.918. The molecule has 0 saturated heterocycles. The average molecular weight is 236 g/mol. The Hall–Kier alpha value is -1.25. The third kappa shape index (κ3) is 2.22. The van der Waals surface area contributed by atoms with Crippen molar-refractivity contribution in [1.29, 1.82) is 5.26 Å². The van der Waals surface area contributed by atoms with E-state index < -0.39 is 0 Å². The van der Waals surface area contributed by atoms with Gasteiger partial charge in [-0.15, -0.1) is 11.3 Å². The Bertz CT molecular complexity index is 516. The fourth-order valence-corrected chi connectivity index (χ4v) is 2.72. The first-order chi connectivity index (χ1) is 7.33. The van der Waals surface area contributed by atoms with Gasteiger partial charge in [-0.25, -0.2) is 4.98 Å². The van der Waals surface area contributed by atoms with Gasteiger partial charge in [0, 0.05) is 11.8 Å². The van der Waals surface area contributed by atoms with E-state index in [0.717, 1.165) is 32.1 Å². The largest absolute Gasteiger partial charge is 0.494 e. The van der Waals surface area contributed by atoms with Crippen molar-refractivity contribution in [3.8, 4) is 11.2 Å². The van der Waals surface area contributed by atoms with Crippen LogP contribution in [-0.2, 0) is 0 Å². The zero-order valence-electron chi connectivity index (χ0n) is 8.06. The summed E-state index contributed by atoms with van der Waals surface area (Å²) in [5, 5.41) is 10.6. The predicted octanol–water partition coefficient (Wildman–Crippen LogP) is 3.27. The van der Waals surface area contributed by atoms with Gasteiger partial charge in [-0.05, 0) is 25.1 Å². The Morgan fingerprint density at radius 1 is 1.60 bits per heavy atom. The molecule has 0 radical (unpaired) electrons. The minimum absolute atomic E-state index is 0.657. The van der Waals surface area contributed by atoms with Crippen LogP contribution in [0.5, 0.6) is 5.75 Å². The molecule has 2 aromatic rings. The van der Waals surface area contributed by atoms with Crippen molar-refractivity contribution in [3.05, 3.63) is 18.2 Å². The Balaban J connectivity index is 2.39. The number of thioether (sulfide) groups is 1. The van der Waals surface area contributed by atoms with Crippen LogP contribution in [0.3, 0.4) is 0 Å². The molecule has 76 valence electrons. The molecule has 0 spiro atoms. The second kappa shape index (κ2) is 4.51. The molecule has 3 nitrogen and oxygen atoms in total. The van der Waals surface area contributed by atoms with E-state index in [9.17, 15) is 0 Å². The van der Waals surface area contributed by atoms with Crippen molar-refractivity contribution in [3.63, 3.8) is 0 Å². The lowest BCUT2D eigenvalue weighted by Crippen LogP contribution is -1.89. The Morgan fingerprint density at radius 3 is 3.20 bits per heavy atom. The first-order valence-electron chi connectivity index (χ1n) is 4.43. The number of aromatic nitrogens is 1. The quantitative estimate of drug-likeness (QED) is 0.606. The molecule has 5 heteroatoms. The van der Waals surface area contributed by atoms with Gasteiger partial charge in [-0.1, -0.05) is 0 Å². The van der Waals surface area contributed by atoms with Gasteiger partial charge in [-0.3, -0.25) is 0 Å².